The Hall–Kier alpha value is -2.43. The van der Waals surface area contributed by atoms with Crippen molar-refractivity contribution in [2.24, 2.45) is 0 Å². The zero-order valence-electron chi connectivity index (χ0n) is 13.0. The molecule has 0 atom stereocenters. The van der Waals surface area contributed by atoms with Gasteiger partial charge in [0.1, 0.15) is 0 Å². The summed E-state index contributed by atoms with van der Waals surface area (Å²) in [5, 5.41) is 3.86. The topological polar surface area (TPSA) is 62.3 Å². The fourth-order valence-corrected chi connectivity index (χ4v) is 2.35. The summed E-state index contributed by atoms with van der Waals surface area (Å²) in [7, 11) is 0. The summed E-state index contributed by atoms with van der Waals surface area (Å²) < 4.78 is 0. The molecule has 0 radical (unpaired) electrons. The Morgan fingerprint density at radius 1 is 1.18 bits per heavy atom. The number of amides is 2. The molecule has 0 unspecified atom stereocenters. The van der Waals surface area contributed by atoms with E-state index in [0.29, 0.717) is 18.8 Å². The summed E-state index contributed by atoms with van der Waals surface area (Å²) in [6.07, 6.45) is 2.87. The molecule has 22 heavy (non-hydrogen) atoms. The van der Waals surface area contributed by atoms with Gasteiger partial charge in [0, 0.05) is 38.0 Å². The molecule has 1 aromatic carbocycles. The van der Waals surface area contributed by atoms with Crippen molar-refractivity contribution in [1.82, 2.24) is 9.88 Å². The molecule has 0 aliphatic rings. The Morgan fingerprint density at radius 2 is 1.95 bits per heavy atom. The summed E-state index contributed by atoms with van der Waals surface area (Å²) in [5.74, 6) is -0.109. The highest BCUT2D eigenvalue weighted by molar-refractivity contribution is 6.00. The van der Waals surface area contributed by atoms with Gasteiger partial charge in [-0.3, -0.25) is 14.6 Å². The number of aromatic nitrogens is 1. The number of para-hydroxylation sites is 1. The van der Waals surface area contributed by atoms with Crippen LogP contribution in [-0.2, 0) is 9.59 Å². The molecule has 0 spiro atoms. The first-order valence-corrected chi connectivity index (χ1v) is 7.51. The van der Waals surface area contributed by atoms with Crippen molar-refractivity contribution in [3.05, 3.63) is 36.5 Å². The highest BCUT2D eigenvalue weighted by Crippen LogP contribution is 2.20. The van der Waals surface area contributed by atoms with Crippen molar-refractivity contribution in [2.45, 2.75) is 26.7 Å². The predicted octanol–water partition coefficient (Wildman–Crippen LogP) is 2.82. The van der Waals surface area contributed by atoms with Crippen LogP contribution < -0.4 is 5.32 Å². The molecule has 5 heteroatoms. The first-order valence-electron chi connectivity index (χ1n) is 7.51. The van der Waals surface area contributed by atoms with Crippen molar-refractivity contribution in [2.75, 3.05) is 18.4 Å². The number of carbonyl (C=O) groups excluding carboxylic acids is 2. The molecule has 1 N–H and O–H groups in total. The van der Waals surface area contributed by atoms with Gasteiger partial charge in [0.25, 0.3) is 0 Å². The third-order valence-electron chi connectivity index (χ3n) is 3.45. The maximum atomic E-state index is 12.1. The SMILES string of the molecule is CCCN(CCC(=O)Nc1cccc2cccnc12)C(C)=O. The molecule has 0 aliphatic heterocycles. The Bertz CT molecular complexity index is 665. The molecule has 2 rings (SSSR count). The second-order valence-electron chi connectivity index (χ2n) is 5.18. The van der Waals surface area contributed by atoms with Crippen molar-refractivity contribution >= 4 is 28.4 Å². The minimum atomic E-state index is -0.111. The second kappa shape index (κ2) is 7.54. The number of carbonyl (C=O) groups is 2. The van der Waals surface area contributed by atoms with Gasteiger partial charge in [0.15, 0.2) is 0 Å². The van der Waals surface area contributed by atoms with Crippen LogP contribution in [-0.4, -0.2) is 34.8 Å². The summed E-state index contributed by atoms with van der Waals surface area (Å²) in [6.45, 7) is 4.66. The number of benzene rings is 1. The van der Waals surface area contributed by atoms with Crippen LogP contribution in [0.2, 0.25) is 0 Å². The number of nitrogens with zero attached hydrogens (tertiary/aromatic N) is 2. The Kier molecular flexibility index (Phi) is 5.47. The van der Waals surface area contributed by atoms with E-state index in [4.69, 9.17) is 0 Å². The Morgan fingerprint density at radius 3 is 2.68 bits per heavy atom. The Balaban J connectivity index is 2.00. The van der Waals surface area contributed by atoms with Gasteiger partial charge < -0.3 is 10.2 Å². The van der Waals surface area contributed by atoms with Crippen LogP contribution >= 0.6 is 0 Å². The molecule has 0 aliphatic carbocycles. The number of rotatable bonds is 6. The molecule has 1 heterocycles. The van der Waals surface area contributed by atoms with Crippen LogP contribution in [0.3, 0.4) is 0 Å². The van der Waals surface area contributed by atoms with E-state index < -0.39 is 0 Å². The second-order valence-corrected chi connectivity index (χ2v) is 5.18. The predicted molar refractivity (Wildman–Crippen MR) is 87.5 cm³/mol. The summed E-state index contributed by atoms with van der Waals surface area (Å²) in [5.41, 5.74) is 1.48. The maximum absolute atomic E-state index is 12.1. The van der Waals surface area contributed by atoms with Gasteiger partial charge in [-0.15, -0.1) is 0 Å². The van der Waals surface area contributed by atoms with Crippen molar-refractivity contribution in [3.63, 3.8) is 0 Å². The molecule has 0 saturated heterocycles. The minimum Gasteiger partial charge on any atom is -0.342 e. The smallest absolute Gasteiger partial charge is 0.226 e. The summed E-state index contributed by atoms with van der Waals surface area (Å²) in [6, 6.07) is 9.50. The average Bonchev–Trinajstić information content (AvgIpc) is 2.51. The molecular weight excluding hydrogens is 278 g/mol. The van der Waals surface area contributed by atoms with Crippen molar-refractivity contribution < 1.29 is 9.59 Å². The fraction of sp³-hybridized carbons (Fsp3) is 0.353. The van der Waals surface area contributed by atoms with E-state index in [0.717, 1.165) is 17.3 Å². The number of hydrogen-bond acceptors (Lipinski definition) is 3. The zero-order valence-corrected chi connectivity index (χ0v) is 13.0. The summed E-state index contributed by atoms with van der Waals surface area (Å²) >= 11 is 0. The van der Waals surface area contributed by atoms with Gasteiger partial charge >= 0.3 is 0 Å². The monoisotopic (exact) mass is 299 g/mol. The maximum Gasteiger partial charge on any atom is 0.226 e. The molecule has 0 bridgehead atoms. The third-order valence-corrected chi connectivity index (χ3v) is 3.45. The zero-order chi connectivity index (χ0) is 15.9. The molecule has 1 aromatic heterocycles. The van der Waals surface area contributed by atoms with E-state index in [2.05, 4.69) is 10.3 Å². The lowest BCUT2D eigenvalue weighted by molar-refractivity contribution is -0.129. The van der Waals surface area contributed by atoms with Crippen LogP contribution in [0, 0.1) is 0 Å². The van der Waals surface area contributed by atoms with Gasteiger partial charge in [-0.05, 0) is 18.6 Å². The van der Waals surface area contributed by atoms with Gasteiger partial charge in [0.2, 0.25) is 11.8 Å². The fourth-order valence-electron chi connectivity index (χ4n) is 2.35. The number of fused-ring (bicyclic) bond motifs is 1. The first-order chi connectivity index (χ1) is 10.6. The van der Waals surface area contributed by atoms with Crippen LogP contribution in [0.1, 0.15) is 26.7 Å². The normalized spacial score (nSPS) is 10.5. The van der Waals surface area contributed by atoms with E-state index in [-0.39, 0.29) is 18.2 Å². The van der Waals surface area contributed by atoms with Gasteiger partial charge in [0.05, 0.1) is 11.2 Å². The molecule has 0 saturated carbocycles. The van der Waals surface area contributed by atoms with E-state index >= 15 is 0 Å². The number of hydrogen-bond donors (Lipinski definition) is 1. The number of pyridine rings is 1. The number of nitrogens with one attached hydrogen (secondary N) is 1. The quantitative estimate of drug-likeness (QED) is 0.892. The van der Waals surface area contributed by atoms with Crippen molar-refractivity contribution in [3.8, 4) is 0 Å². The highest BCUT2D eigenvalue weighted by atomic mass is 16.2. The standard InChI is InChI=1S/C17H21N3O2/c1-3-11-20(13(2)21)12-9-16(22)19-15-8-4-6-14-7-5-10-18-17(14)15/h4-8,10H,3,9,11-12H2,1-2H3,(H,19,22). The van der Waals surface area contributed by atoms with E-state index in [1.54, 1.807) is 11.1 Å². The molecular formula is C17H21N3O2. The lowest BCUT2D eigenvalue weighted by atomic mass is 10.2. The lowest BCUT2D eigenvalue weighted by Crippen LogP contribution is -2.32. The van der Waals surface area contributed by atoms with Crippen LogP contribution in [0.25, 0.3) is 10.9 Å². The van der Waals surface area contributed by atoms with Gasteiger partial charge in [-0.25, -0.2) is 0 Å². The average molecular weight is 299 g/mol. The highest BCUT2D eigenvalue weighted by Gasteiger charge is 2.11. The van der Waals surface area contributed by atoms with Crippen LogP contribution in [0.15, 0.2) is 36.5 Å². The minimum absolute atomic E-state index is 0.00137. The first kappa shape index (κ1) is 15.9. The third kappa shape index (κ3) is 4.04. The molecule has 0 fully saturated rings. The van der Waals surface area contributed by atoms with Crippen LogP contribution in [0.4, 0.5) is 5.69 Å². The van der Waals surface area contributed by atoms with Crippen molar-refractivity contribution in [1.29, 1.82) is 0 Å². The lowest BCUT2D eigenvalue weighted by Gasteiger charge is -2.19. The van der Waals surface area contributed by atoms with E-state index in [9.17, 15) is 9.59 Å². The van der Waals surface area contributed by atoms with Crippen LogP contribution in [0.5, 0.6) is 0 Å². The molecule has 5 nitrogen and oxygen atoms in total. The van der Waals surface area contributed by atoms with E-state index in [1.807, 2.05) is 37.3 Å². The largest absolute Gasteiger partial charge is 0.342 e. The van der Waals surface area contributed by atoms with E-state index in [1.165, 1.54) is 6.92 Å². The van der Waals surface area contributed by atoms with Gasteiger partial charge in [-0.2, -0.15) is 0 Å². The Labute approximate surface area is 130 Å². The molecule has 2 aromatic rings. The summed E-state index contributed by atoms with van der Waals surface area (Å²) in [4.78, 5) is 29.6. The molecule has 2 amide bonds. The van der Waals surface area contributed by atoms with Gasteiger partial charge in [-0.1, -0.05) is 25.1 Å². The molecule has 116 valence electrons. The number of anilines is 1.